The molecule has 0 aromatic heterocycles. The van der Waals surface area contributed by atoms with E-state index in [1.54, 1.807) is 0 Å². The van der Waals surface area contributed by atoms with Gasteiger partial charge >= 0.3 is 21.1 Å². The van der Waals surface area contributed by atoms with Crippen LogP contribution in [0.2, 0.25) is 0 Å². The Bertz CT molecular complexity index is 243. The van der Waals surface area contributed by atoms with Crippen molar-refractivity contribution in [3.63, 3.8) is 0 Å². The van der Waals surface area contributed by atoms with Crippen molar-refractivity contribution >= 4 is 10.4 Å². The van der Waals surface area contributed by atoms with E-state index in [2.05, 4.69) is 0 Å². The second-order valence-corrected chi connectivity index (χ2v) is 4.17. The van der Waals surface area contributed by atoms with Gasteiger partial charge in [0.05, 0.1) is 0 Å². The van der Waals surface area contributed by atoms with E-state index in [4.69, 9.17) is 29.0 Å². The molecule has 0 radical (unpaired) electrons. The van der Waals surface area contributed by atoms with Gasteiger partial charge in [0, 0.05) is 16.4 Å². The fraction of sp³-hybridized carbons (Fsp3) is 1.00. The average Bonchev–Trinajstić information content (AvgIpc) is 2.02. The number of hydrogen-bond acceptors (Lipinski definition) is 6. The molecule has 1 saturated carbocycles. The largest absolute Gasteiger partial charge is 2.00 e. The monoisotopic (exact) mass is 455 g/mol. The summed E-state index contributed by atoms with van der Waals surface area (Å²) in [6.07, 6.45) is 5.06. The Balaban J connectivity index is -0.0000000948. The maximum Gasteiger partial charge on any atom is 2.00 e. The summed E-state index contributed by atoms with van der Waals surface area (Å²) in [7, 11) is -5.17. The number of nitrogens with two attached hydrogens (primary N) is 2. The van der Waals surface area contributed by atoms with E-state index in [0.717, 1.165) is 6.54 Å². The van der Waals surface area contributed by atoms with E-state index in [-0.39, 0.29) is 32.0 Å². The Hall–Kier alpha value is 0.398. The Morgan fingerprint density at radius 2 is 1.47 bits per heavy atom. The first kappa shape index (κ1) is 26.1. The molecule has 0 bridgehead atoms. The molecule has 0 aliphatic heterocycles. The number of rotatable bonds is 1. The zero-order chi connectivity index (χ0) is 11.2. The summed E-state index contributed by atoms with van der Waals surface area (Å²) in [5.41, 5.74) is 11.3. The first-order valence-corrected chi connectivity index (χ1v) is 5.80. The molecule has 0 aromatic rings. The van der Waals surface area contributed by atoms with Crippen molar-refractivity contribution in [2.24, 2.45) is 17.4 Å². The van der Waals surface area contributed by atoms with Crippen LogP contribution in [0.15, 0.2) is 0 Å². The summed E-state index contributed by atoms with van der Waals surface area (Å²) in [6, 6.07) is 0.392. The summed E-state index contributed by atoms with van der Waals surface area (Å²) in [4.78, 5) is 0. The van der Waals surface area contributed by atoms with Crippen molar-refractivity contribution in [1.82, 2.24) is 0 Å². The van der Waals surface area contributed by atoms with Crippen LogP contribution in [0.25, 0.3) is 0 Å². The van der Waals surface area contributed by atoms with Crippen LogP contribution in [0.4, 0.5) is 0 Å². The predicted molar refractivity (Wildman–Crippen MR) is 56.7 cm³/mol. The Labute approximate surface area is 116 Å². The van der Waals surface area contributed by atoms with Crippen LogP contribution in [0.5, 0.6) is 0 Å². The van der Waals surface area contributed by atoms with Crippen molar-refractivity contribution in [3.05, 3.63) is 0 Å². The number of hydrogen-bond donors (Lipinski definition) is 2. The molecule has 10 heteroatoms. The molecule has 1 aliphatic rings. The molecule has 8 N–H and O–H groups in total. The van der Waals surface area contributed by atoms with Crippen LogP contribution in [-0.4, -0.2) is 41.1 Å². The first-order valence-electron chi connectivity index (χ1n) is 4.47. The molecule has 1 fully saturated rings. The second-order valence-electron chi connectivity index (χ2n) is 3.35. The molecule has 8 nitrogen and oxygen atoms in total. The normalized spacial score (nSPS) is 22.8. The molecular weight excluding hydrogens is 435 g/mol. The summed E-state index contributed by atoms with van der Waals surface area (Å²) in [5.74, 6) is 0.610. The van der Waals surface area contributed by atoms with Gasteiger partial charge in [-0.1, -0.05) is 12.8 Å². The van der Waals surface area contributed by atoms with Crippen molar-refractivity contribution in [1.29, 1.82) is 0 Å². The van der Waals surface area contributed by atoms with Gasteiger partial charge in [-0.25, -0.2) is 0 Å². The zero-order valence-electron chi connectivity index (χ0n) is 9.20. The first-order chi connectivity index (χ1) is 6.34. The molecule has 0 spiro atoms. The topological polar surface area (TPSA) is 195 Å². The van der Waals surface area contributed by atoms with Crippen molar-refractivity contribution in [2.45, 2.75) is 31.7 Å². The van der Waals surface area contributed by atoms with E-state index < -0.39 is 10.4 Å². The fourth-order valence-corrected chi connectivity index (χ4v) is 1.53. The molecule has 110 valence electrons. The van der Waals surface area contributed by atoms with Gasteiger partial charge in [-0.15, -0.1) is 0 Å². The molecule has 1 rings (SSSR count). The van der Waals surface area contributed by atoms with Crippen LogP contribution in [0.1, 0.15) is 25.7 Å². The van der Waals surface area contributed by atoms with E-state index in [9.17, 15) is 0 Å². The molecule has 0 aromatic carbocycles. The molecule has 1 aliphatic carbocycles. The fourth-order valence-electron chi connectivity index (χ4n) is 1.53. The quantitative estimate of drug-likeness (QED) is 0.323. The van der Waals surface area contributed by atoms with Crippen LogP contribution in [-0.2, 0) is 31.5 Å². The van der Waals surface area contributed by atoms with Crippen molar-refractivity contribution < 1.29 is 49.5 Å². The van der Waals surface area contributed by atoms with Gasteiger partial charge in [0.15, 0.2) is 0 Å². The molecule has 0 unspecified atom stereocenters. The molecular formula is C7H20N2O6PtS. The van der Waals surface area contributed by atoms with Crippen LogP contribution in [0.3, 0.4) is 0 Å². The zero-order valence-corrected chi connectivity index (χ0v) is 12.3. The standard InChI is InChI=1S/C7H16N2.H2O4S.2H2O.Pt/c8-5-6-3-1-2-4-7(6)9;1-5(2,3)4;;;/h6-7H,1-5,8-9H2;(H2,1,2,3,4);2*1H2;/q;;;;+2/p-2/t6-,7+;;;;/m0..../s1. The summed E-state index contributed by atoms with van der Waals surface area (Å²) < 4.78 is 34.1. The average molecular weight is 455 g/mol. The van der Waals surface area contributed by atoms with Crippen molar-refractivity contribution in [3.8, 4) is 0 Å². The van der Waals surface area contributed by atoms with Gasteiger partial charge in [0.25, 0.3) is 0 Å². The maximum atomic E-state index is 8.52. The third-order valence-electron chi connectivity index (χ3n) is 2.27. The van der Waals surface area contributed by atoms with Gasteiger partial charge < -0.3 is 31.5 Å². The Morgan fingerprint density at radius 3 is 1.71 bits per heavy atom. The van der Waals surface area contributed by atoms with E-state index >= 15 is 0 Å². The minimum absolute atomic E-state index is 0. The summed E-state index contributed by atoms with van der Waals surface area (Å²) >= 11 is 0. The van der Waals surface area contributed by atoms with Crippen molar-refractivity contribution in [2.75, 3.05) is 6.54 Å². The van der Waals surface area contributed by atoms with E-state index in [1.165, 1.54) is 25.7 Å². The smallest absolute Gasteiger partial charge is 0.759 e. The van der Waals surface area contributed by atoms with E-state index in [1.807, 2.05) is 0 Å². The SMILES string of the molecule is NC[C@@H]1CCCC[C@H]1N.O.O.O=S(=O)([O-])[O-].[Pt+2]. The van der Waals surface area contributed by atoms with Gasteiger partial charge in [0.1, 0.15) is 0 Å². The van der Waals surface area contributed by atoms with Gasteiger partial charge in [0.2, 0.25) is 0 Å². The minimum Gasteiger partial charge on any atom is -0.759 e. The predicted octanol–water partition coefficient (Wildman–Crippen LogP) is -2.53. The van der Waals surface area contributed by atoms with Gasteiger partial charge in [-0.2, -0.15) is 0 Å². The molecule has 0 heterocycles. The third kappa shape index (κ3) is 18.9. The summed E-state index contributed by atoms with van der Waals surface area (Å²) in [6.45, 7) is 0.779. The van der Waals surface area contributed by atoms with Crippen LogP contribution < -0.4 is 11.5 Å². The molecule has 0 saturated heterocycles. The molecule has 17 heavy (non-hydrogen) atoms. The molecule has 0 amide bonds. The maximum absolute atomic E-state index is 8.52. The second kappa shape index (κ2) is 12.8. The van der Waals surface area contributed by atoms with E-state index in [0.29, 0.717) is 12.0 Å². The Kier molecular flexibility index (Phi) is 19.7. The molecule has 2 atom stereocenters. The Morgan fingerprint density at radius 1 is 1.12 bits per heavy atom. The summed E-state index contributed by atoms with van der Waals surface area (Å²) in [5, 5.41) is 0. The van der Waals surface area contributed by atoms with Gasteiger partial charge in [-0.05, 0) is 25.3 Å². The third-order valence-corrected chi connectivity index (χ3v) is 2.27. The minimum atomic E-state index is -5.17. The van der Waals surface area contributed by atoms with Crippen LogP contribution in [0, 0.1) is 5.92 Å². The van der Waals surface area contributed by atoms with Crippen LogP contribution >= 0.6 is 0 Å². The van der Waals surface area contributed by atoms with Gasteiger partial charge in [-0.3, -0.25) is 8.42 Å².